The Morgan fingerprint density at radius 2 is 1.73 bits per heavy atom. The first-order valence-corrected chi connectivity index (χ1v) is 11.1. The highest BCUT2D eigenvalue weighted by Gasteiger charge is 2.22. The molecule has 0 unspecified atom stereocenters. The highest BCUT2D eigenvalue weighted by Crippen LogP contribution is 2.30. The molecule has 0 aliphatic carbocycles. The molecule has 2 aromatic heterocycles. The SMILES string of the molecule is CC(C)c1ocnc1CN1CCN(c2ccc3ncnc(N4CCCC4)c3c2)CC1. The molecule has 2 fully saturated rings. The predicted molar refractivity (Wildman–Crippen MR) is 119 cm³/mol. The van der Waals surface area contributed by atoms with Gasteiger partial charge in [0.2, 0.25) is 0 Å². The van der Waals surface area contributed by atoms with Gasteiger partial charge in [-0.1, -0.05) is 13.8 Å². The molecule has 2 saturated heterocycles. The lowest BCUT2D eigenvalue weighted by Crippen LogP contribution is -2.46. The Kier molecular flexibility index (Phi) is 5.29. The molecule has 7 nitrogen and oxygen atoms in total. The third kappa shape index (κ3) is 3.74. The Bertz CT molecular complexity index is 1000. The van der Waals surface area contributed by atoms with Gasteiger partial charge in [-0.25, -0.2) is 15.0 Å². The Labute approximate surface area is 177 Å². The van der Waals surface area contributed by atoms with Crippen LogP contribution in [0.5, 0.6) is 0 Å². The summed E-state index contributed by atoms with van der Waals surface area (Å²) in [5.41, 5.74) is 3.37. The molecule has 2 aliphatic heterocycles. The van der Waals surface area contributed by atoms with Crippen LogP contribution < -0.4 is 9.80 Å². The average molecular weight is 407 g/mol. The molecule has 3 aromatic rings. The third-order valence-electron chi connectivity index (χ3n) is 6.31. The van der Waals surface area contributed by atoms with Gasteiger partial charge in [0, 0.05) is 62.8 Å². The number of aromatic nitrogens is 3. The number of rotatable bonds is 5. The summed E-state index contributed by atoms with van der Waals surface area (Å²) in [4.78, 5) is 20.9. The van der Waals surface area contributed by atoms with E-state index in [-0.39, 0.29) is 0 Å². The molecule has 0 radical (unpaired) electrons. The van der Waals surface area contributed by atoms with E-state index in [1.165, 1.54) is 23.9 Å². The van der Waals surface area contributed by atoms with E-state index < -0.39 is 0 Å². The van der Waals surface area contributed by atoms with Crippen LogP contribution in [0, 0.1) is 0 Å². The normalized spacial score (nSPS) is 18.1. The summed E-state index contributed by atoms with van der Waals surface area (Å²) in [6, 6.07) is 6.63. The summed E-state index contributed by atoms with van der Waals surface area (Å²) < 4.78 is 5.59. The first-order valence-electron chi connectivity index (χ1n) is 11.1. The molecule has 0 N–H and O–H groups in total. The molecule has 0 spiro atoms. The van der Waals surface area contributed by atoms with Crippen LogP contribution in [0.25, 0.3) is 10.9 Å². The van der Waals surface area contributed by atoms with Gasteiger partial charge in [-0.05, 0) is 31.0 Å². The lowest BCUT2D eigenvalue weighted by Gasteiger charge is -2.36. The fraction of sp³-hybridized carbons (Fsp3) is 0.522. The second kappa shape index (κ2) is 8.22. The summed E-state index contributed by atoms with van der Waals surface area (Å²) in [6.45, 7) is 11.4. The number of fused-ring (bicyclic) bond motifs is 1. The maximum Gasteiger partial charge on any atom is 0.181 e. The van der Waals surface area contributed by atoms with E-state index in [0.29, 0.717) is 5.92 Å². The molecule has 158 valence electrons. The average Bonchev–Trinajstić information content (AvgIpc) is 3.46. The molecule has 0 saturated carbocycles. The van der Waals surface area contributed by atoms with E-state index in [1.54, 1.807) is 12.7 Å². The second-order valence-corrected chi connectivity index (χ2v) is 8.67. The number of hydrogen-bond acceptors (Lipinski definition) is 7. The van der Waals surface area contributed by atoms with Gasteiger partial charge in [-0.2, -0.15) is 0 Å². The van der Waals surface area contributed by atoms with Gasteiger partial charge >= 0.3 is 0 Å². The third-order valence-corrected chi connectivity index (χ3v) is 6.31. The Morgan fingerprint density at radius 1 is 0.933 bits per heavy atom. The zero-order valence-corrected chi connectivity index (χ0v) is 17.9. The number of benzene rings is 1. The predicted octanol–water partition coefficient (Wildman–Crippen LogP) is 3.66. The molecule has 0 amide bonds. The zero-order chi connectivity index (χ0) is 20.5. The van der Waals surface area contributed by atoms with Crippen molar-refractivity contribution in [3.8, 4) is 0 Å². The molecule has 30 heavy (non-hydrogen) atoms. The van der Waals surface area contributed by atoms with Crippen molar-refractivity contribution in [3.05, 3.63) is 42.4 Å². The quantitative estimate of drug-likeness (QED) is 0.641. The first kappa shape index (κ1) is 19.3. The van der Waals surface area contributed by atoms with E-state index in [0.717, 1.165) is 68.6 Å². The Morgan fingerprint density at radius 3 is 2.50 bits per heavy atom. The smallest absolute Gasteiger partial charge is 0.181 e. The van der Waals surface area contributed by atoms with Crippen molar-refractivity contribution in [2.45, 2.75) is 39.2 Å². The highest BCUT2D eigenvalue weighted by atomic mass is 16.3. The molecule has 2 aliphatic rings. The molecule has 1 aromatic carbocycles. The molecule has 0 bridgehead atoms. The molecule has 5 rings (SSSR count). The van der Waals surface area contributed by atoms with Gasteiger partial charge in [0.1, 0.15) is 17.9 Å². The summed E-state index contributed by atoms with van der Waals surface area (Å²) in [5.74, 6) is 2.47. The lowest BCUT2D eigenvalue weighted by atomic mass is 10.1. The maximum atomic E-state index is 5.59. The largest absolute Gasteiger partial charge is 0.448 e. The molecule has 0 atom stereocenters. The summed E-state index contributed by atoms with van der Waals surface area (Å²) in [7, 11) is 0. The number of oxazole rings is 1. The Hall–Kier alpha value is -2.67. The fourth-order valence-corrected chi connectivity index (χ4v) is 4.65. The summed E-state index contributed by atoms with van der Waals surface area (Å²) >= 11 is 0. The van der Waals surface area contributed by atoms with E-state index in [2.05, 4.69) is 61.7 Å². The van der Waals surface area contributed by atoms with E-state index in [9.17, 15) is 0 Å². The summed E-state index contributed by atoms with van der Waals surface area (Å²) in [5, 5.41) is 1.17. The van der Waals surface area contributed by atoms with Crippen molar-refractivity contribution in [1.82, 2.24) is 19.9 Å². The van der Waals surface area contributed by atoms with Crippen molar-refractivity contribution < 1.29 is 4.42 Å². The molecular weight excluding hydrogens is 376 g/mol. The number of nitrogens with zero attached hydrogens (tertiary/aromatic N) is 6. The summed E-state index contributed by atoms with van der Waals surface area (Å²) in [6.07, 6.45) is 5.77. The van der Waals surface area contributed by atoms with Crippen molar-refractivity contribution in [2.75, 3.05) is 49.1 Å². The monoisotopic (exact) mass is 406 g/mol. The van der Waals surface area contributed by atoms with Crippen LogP contribution >= 0.6 is 0 Å². The van der Waals surface area contributed by atoms with Crippen LogP contribution in [0.15, 0.2) is 35.3 Å². The number of piperazine rings is 1. The number of hydrogen-bond donors (Lipinski definition) is 0. The van der Waals surface area contributed by atoms with Crippen molar-refractivity contribution in [2.24, 2.45) is 0 Å². The van der Waals surface area contributed by atoms with E-state index in [4.69, 9.17) is 4.42 Å². The van der Waals surface area contributed by atoms with Gasteiger partial charge in [-0.15, -0.1) is 0 Å². The van der Waals surface area contributed by atoms with Crippen LogP contribution in [-0.2, 0) is 6.54 Å². The van der Waals surface area contributed by atoms with Crippen molar-refractivity contribution in [3.63, 3.8) is 0 Å². The van der Waals surface area contributed by atoms with Crippen LogP contribution in [0.3, 0.4) is 0 Å². The minimum absolute atomic E-state index is 0.369. The zero-order valence-electron chi connectivity index (χ0n) is 17.9. The van der Waals surface area contributed by atoms with Crippen LogP contribution in [-0.4, -0.2) is 59.1 Å². The topological polar surface area (TPSA) is 61.5 Å². The van der Waals surface area contributed by atoms with Crippen molar-refractivity contribution >= 4 is 22.4 Å². The van der Waals surface area contributed by atoms with Crippen LogP contribution in [0.4, 0.5) is 11.5 Å². The number of anilines is 2. The van der Waals surface area contributed by atoms with Crippen LogP contribution in [0.1, 0.15) is 44.1 Å². The minimum atomic E-state index is 0.369. The van der Waals surface area contributed by atoms with Gasteiger partial charge in [0.15, 0.2) is 6.39 Å². The fourth-order valence-electron chi connectivity index (χ4n) is 4.65. The molecule has 7 heteroatoms. The van der Waals surface area contributed by atoms with E-state index >= 15 is 0 Å². The standard InChI is InChI=1S/C23H30N6O/c1-17(2)22-21(26-16-30-22)14-27-9-11-28(12-10-27)18-5-6-20-19(13-18)23(25-15-24-20)29-7-3-4-8-29/h5-6,13,15-17H,3-4,7-12,14H2,1-2H3. The van der Waals surface area contributed by atoms with Gasteiger partial charge in [0.25, 0.3) is 0 Å². The van der Waals surface area contributed by atoms with Gasteiger partial charge in [-0.3, -0.25) is 4.90 Å². The Balaban J connectivity index is 1.30. The van der Waals surface area contributed by atoms with Crippen molar-refractivity contribution in [1.29, 1.82) is 0 Å². The molecule has 4 heterocycles. The van der Waals surface area contributed by atoms with Gasteiger partial charge < -0.3 is 14.2 Å². The molecular formula is C23H30N6O. The lowest BCUT2D eigenvalue weighted by molar-refractivity contribution is 0.245. The second-order valence-electron chi connectivity index (χ2n) is 8.67. The van der Waals surface area contributed by atoms with Gasteiger partial charge in [0.05, 0.1) is 11.2 Å². The highest BCUT2D eigenvalue weighted by molar-refractivity contribution is 5.92. The minimum Gasteiger partial charge on any atom is -0.448 e. The maximum absolute atomic E-state index is 5.59. The first-order chi connectivity index (χ1) is 14.7. The van der Waals surface area contributed by atoms with Crippen LogP contribution in [0.2, 0.25) is 0 Å². The van der Waals surface area contributed by atoms with E-state index in [1.807, 2.05) is 0 Å².